The first kappa shape index (κ1) is 7.60. The first-order chi connectivity index (χ1) is 4.30. The van der Waals surface area contributed by atoms with E-state index in [2.05, 4.69) is 15.9 Å². The summed E-state index contributed by atoms with van der Waals surface area (Å²) in [6.45, 7) is 4.47. The maximum Gasteiger partial charge on any atom is 0.0218 e. The summed E-state index contributed by atoms with van der Waals surface area (Å²) >= 11 is 5.12. The molecule has 1 aliphatic heterocycles. The molecule has 0 bridgehead atoms. The highest BCUT2D eigenvalue weighted by Crippen LogP contribution is 1.94. The first-order valence-corrected chi connectivity index (χ1v) is 5.61. The van der Waals surface area contributed by atoms with Gasteiger partial charge in [-0.25, -0.2) is 4.31 Å². The van der Waals surface area contributed by atoms with Gasteiger partial charge in [0.15, 0.2) is 0 Å². The van der Waals surface area contributed by atoms with Crippen LogP contribution in [0.2, 0.25) is 0 Å². The number of nitrogens with one attached hydrogen (secondary N) is 1. The number of nitrogens with zero attached hydrogens (tertiary/aromatic N) is 1. The largest absolute Gasteiger partial charge is 0.314 e. The van der Waals surface area contributed by atoms with Crippen LogP contribution in [0.1, 0.15) is 0 Å². The van der Waals surface area contributed by atoms with Gasteiger partial charge in [0.2, 0.25) is 0 Å². The molecule has 1 heterocycles. The van der Waals surface area contributed by atoms with Crippen LogP contribution in [0, 0.1) is 0 Å². The zero-order valence-corrected chi connectivity index (χ0v) is 7.23. The SMILES string of the molecule is CS(=S)N1CCNCC1. The fourth-order valence-corrected chi connectivity index (χ4v) is 2.05. The Morgan fingerprint density at radius 1 is 1.44 bits per heavy atom. The summed E-state index contributed by atoms with van der Waals surface area (Å²) in [7, 11) is 0.0747. The van der Waals surface area contributed by atoms with E-state index < -0.39 is 0 Å². The molecule has 1 aliphatic rings. The van der Waals surface area contributed by atoms with Crippen LogP contribution >= 0.6 is 0 Å². The Bertz CT molecular complexity index is 110. The molecular weight excluding hydrogens is 152 g/mol. The molecule has 0 aliphatic carbocycles. The molecule has 9 heavy (non-hydrogen) atoms. The average Bonchev–Trinajstić information content (AvgIpc) is 1.90. The maximum atomic E-state index is 5.12. The second kappa shape index (κ2) is 3.61. The maximum absolute atomic E-state index is 5.12. The van der Waals surface area contributed by atoms with Gasteiger partial charge in [-0.15, -0.1) is 0 Å². The van der Waals surface area contributed by atoms with Gasteiger partial charge in [0, 0.05) is 32.4 Å². The lowest BCUT2D eigenvalue weighted by atomic mass is 10.4. The predicted octanol–water partition coefficient (Wildman–Crippen LogP) is -0.483. The highest BCUT2D eigenvalue weighted by Gasteiger charge is 2.08. The lowest BCUT2D eigenvalue weighted by Crippen LogP contribution is -2.43. The second-order valence-corrected chi connectivity index (χ2v) is 4.91. The second-order valence-electron chi connectivity index (χ2n) is 2.10. The quantitative estimate of drug-likeness (QED) is 0.563. The minimum atomic E-state index is 0.0747. The van der Waals surface area contributed by atoms with Gasteiger partial charge in [0.25, 0.3) is 0 Å². The molecule has 1 rings (SSSR count). The molecule has 0 aromatic rings. The Labute approximate surface area is 63.3 Å². The molecule has 0 radical (unpaired) electrons. The summed E-state index contributed by atoms with van der Waals surface area (Å²) in [6.07, 6.45) is 2.10. The molecule has 0 aromatic heterocycles. The predicted molar refractivity (Wildman–Crippen MR) is 45.1 cm³/mol. The molecule has 4 heteroatoms. The van der Waals surface area contributed by atoms with E-state index in [9.17, 15) is 0 Å². The van der Waals surface area contributed by atoms with Crippen LogP contribution in [0.5, 0.6) is 0 Å². The van der Waals surface area contributed by atoms with Gasteiger partial charge >= 0.3 is 0 Å². The van der Waals surface area contributed by atoms with E-state index >= 15 is 0 Å². The molecule has 1 N–H and O–H groups in total. The van der Waals surface area contributed by atoms with Crippen molar-refractivity contribution in [3.63, 3.8) is 0 Å². The van der Waals surface area contributed by atoms with Gasteiger partial charge in [0.1, 0.15) is 0 Å². The van der Waals surface area contributed by atoms with Crippen molar-refractivity contribution in [1.82, 2.24) is 9.62 Å². The van der Waals surface area contributed by atoms with E-state index in [-0.39, 0.29) is 9.64 Å². The molecule has 1 saturated heterocycles. The van der Waals surface area contributed by atoms with E-state index in [4.69, 9.17) is 11.2 Å². The van der Waals surface area contributed by atoms with Crippen molar-refractivity contribution in [2.24, 2.45) is 0 Å². The molecular formula is C5H12N2S2. The molecule has 0 spiro atoms. The molecule has 1 atom stereocenters. The number of piperazine rings is 1. The van der Waals surface area contributed by atoms with Crippen molar-refractivity contribution < 1.29 is 0 Å². The van der Waals surface area contributed by atoms with Gasteiger partial charge in [-0.2, -0.15) is 0 Å². The van der Waals surface area contributed by atoms with Gasteiger partial charge in [-0.1, -0.05) is 9.64 Å². The summed E-state index contributed by atoms with van der Waals surface area (Å²) in [5.74, 6) is 0. The monoisotopic (exact) mass is 164 g/mol. The zero-order valence-electron chi connectivity index (χ0n) is 5.59. The Hall–Kier alpha value is 0.490. The number of hydrogen-bond donors (Lipinski definition) is 1. The van der Waals surface area contributed by atoms with Crippen molar-refractivity contribution in [3.05, 3.63) is 0 Å². The molecule has 0 aromatic carbocycles. The Morgan fingerprint density at radius 2 is 2.00 bits per heavy atom. The van der Waals surface area contributed by atoms with Crippen LogP contribution in [-0.2, 0) is 20.8 Å². The summed E-state index contributed by atoms with van der Waals surface area (Å²) in [4.78, 5) is 0. The molecule has 1 unspecified atom stereocenters. The summed E-state index contributed by atoms with van der Waals surface area (Å²) in [5.41, 5.74) is 0. The third-order valence-corrected chi connectivity index (χ3v) is 3.16. The van der Waals surface area contributed by atoms with E-state index in [0.29, 0.717) is 0 Å². The summed E-state index contributed by atoms with van der Waals surface area (Å²) in [6, 6.07) is 0. The van der Waals surface area contributed by atoms with Crippen LogP contribution in [0.15, 0.2) is 0 Å². The third kappa shape index (κ3) is 2.29. The minimum Gasteiger partial charge on any atom is -0.314 e. The topological polar surface area (TPSA) is 15.3 Å². The summed E-state index contributed by atoms with van der Waals surface area (Å²) in [5, 5.41) is 3.29. The normalized spacial score (nSPS) is 25.9. The Balaban J connectivity index is 2.31. The third-order valence-electron chi connectivity index (χ3n) is 1.44. The van der Waals surface area contributed by atoms with Crippen molar-refractivity contribution in [2.45, 2.75) is 0 Å². The van der Waals surface area contributed by atoms with Gasteiger partial charge in [-0.05, 0) is 11.2 Å². The minimum absolute atomic E-state index is 0.0747. The highest BCUT2D eigenvalue weighted by molar-refractivity contribution is 8.27. The van der Waals surface area contributed by atoms with Crippen molar-refractivity contribution in [2.75, 3.05) is 32.4 Å². The zero-order chi connectivity index (χ0) is 6.69. The van der Waals surface area contributed by atoms with Crippen LogP contribution in [0.25, 0.3) is 0 Å². The molecule has 1 fully saturated rings. The standard InChI is InChI=1S/C5H12N2S2/c1-9(8)7-4-2-6-3-5-7/h6H,2-5H2,1H3. The van der Waals surface area contributed by atoms with Crippen LogP contribution in [-0.4, -0.2) is 36.7 Å². The van der Waals surface area contributed by atoms with E-state index in [1.165, 1.54) is 0 Å². The van der Waals surface area contributed by atoms with Crippen molar-refractivity contribution in [3.8, 4) is 0 Å². The van der Waals surface area contributed by atoms with Gasteiger partial charge in [-0.3, -0.25) is 0 Å². The van der Waals surface area contributed by atoms with Crippen LogP contribution < -0.4 is 5.32 Å². The molecule has 2 nitrogen and oxygen atoms in total. The number of rotatable bonds is 1. The van der Waals surface area contributed by atoms with Crippen LogP contribution in [0.3, 0.4) is 0 Å². The first-order valence-electron chi connectivity index (χ1n) is 3.10. The summed E-state index contributed by atoms with van der Waals surface area (Å²) < 4.78 is 2.34. The molecule has 54 valence electrons. The fourth-order valence-electron chi connectivity index (χ4n) is 0.901. The average molecular weight is 164 g/mol. The van der Waals surface area contributed by atoms with E-state index in [1.54, 1.807) is 0 Å². The number of hydrogen-bond acceptors (Lipinski definition) is 2. The van der Waals surface area contributed by atoms with Crippen molar-refractivity contribution in [1.29, 1.82) is 0 Å². The Morgan fingerprint density at radius 3 is 2.33 bits per heavy atom. The molecule has 0 amide bonds. The van der Waals surface area contributed by atoms with Gasteiger partial charge < -0.3 is 5.32 Å². The van der Waals surface area contributed by atoms with Gasteiger partial charge in [0.05, 0.1) is 0 Å². The highest BCUT2D eigenvalue weighted by atomic mass is 32.8. The van der Waals surface area contributed by atoms with Crippen molar-refractivity contribution >= 4 is 20.8 Å². The smallest absolute Gasteiger partial charge is 0.0218 e. The molecule has 0 saturated carbocycles. The fraction of sp³-hybridized carbons (Fsp3) is 1.00. The lowest BCUT2D eigenvalue weighted by molar-refractivity contribution is 0.395. The van der Waals surface area contributed by atoms with E-state index in [0.717, 1.165) is 26.2 Å². The van der Waals surface area contributed by atoms with Crippen LogP contribution in [0.4, 0.5) is 0 Å². The van der Waals surface area contributed by atoms with E-state index in [1.807, 2.05) is 0 Å². The Kier molecular flexibility index (Phi) is 3.04. The lowest BCUT2D eigenvalue weighted by Gasteiger charge is -2.26.